The van der Waals surface area contributed by atoms with Crippen molar-refractivity contribution in [3.63, 3.8) is 0 Å². The first-order valence-electron chi connectivity index (χ1n) is 6.83. The zero-order chi connectivity index (χ0) is 16.7. The van der Waals surface area contributed by atoms with Gasteiger partial charge in [0.05, 0.1) is 0 Å². The Labute approximate surface area is 131 Å². The van der Waals surface area contributed by atoms with Crippen LogP contribution >= 0.6 is 0 Å². The van der Waals surface area contributed by atoms with Crippen LogP contribution in [0.25, 0.3) is 0 Å². The minimum Gasteiger partial charge on any atom is -0.435 e. The highest BCUT2D eigenvalue weighted by molar-refractivity contribution is 5.73. The summed E-state index contributed by atoms with van der Waals surface area (Å²) in [7, 11) is 0. The molecule has 2 rings (SSSR count). The van der Waals surface area contributed by atoms with E-state index in [1.54, 1.807) is 30.3 Å². The van der Waals surface area contributed by atoms with Crippen LogP contribution in [0.1, 0.15) is 11.1 Å². The molecule has 2 aromatic rings. The van der Waals surface area contributed by atoms with Gasteiger partial charge in [0.1, 0.15) is 11.6 Å². The van der Waals surface area contributed by atoms with Gasteiger partial charge in [0, 0.05) is 18.7 Å². The van der Waals surface area contributed by atoms with Gasteiger partial charge in [0.2, 0.25) is 0 Å². The van der Waals surface area contributed by atoms with Crippen molar-refractivity contribution >= 4 is 6.03 Å². The number of benzene rings is 2. The van der Waals surface area contributed by atoms with Gasteiger partial charge in [-0.15, -0.1) is 0 Å². The van der Waals surface area contributed by atoms with Crippen LogP contribution in [0.2, 0.25) is 0 Å². The second-order valence-electron chi connectivity index (χ2n) is 4.65. The van der Waals surface area contributed by atoms with E-state index in [4.69, 9.17) is 0 Å². The number of halogens is 3. The van der Waals surface area contributed by atoms with Crippen molar-refractivity contribution in [2.75, 3.05) is 0 Å². The van der Waals surface area contributed by atoms with Gasteiger partial charge in [-0.05, 0) is 23.8 Å². The van der Waals surface area contributed by atoms with Gasteiger partial charge in [0.25, 0.3) is 0 Å². The topological polar surface area (TPSA) is 50.4 Å². The molecule has 0 aromatic heterocycles. The summed E-state index contributed by atoms with van der Waals surface area (Å²) in [6, 6.07) is 11.6. The van der Waals surface area contributed by atoms with Gasteiger partial charge >= 0.3 is 12.6 Å². The predicted molar refractivity (Wildman–Crippen MR) is 78.5 cm³/mol. The van der Waals surface area contributed by atoms with Crippen LogP contribution < -0.4 is 15.4 Å². The van der Waals surface area contributed by atoms with Crippen LogP contribution in [0.15, 0.2) is 48.5 Å². The average molecular weight is 324 g/mol. The van der Waals surface area contributed by atoms with Crippen molar-refractivity contribution in [1.82, 2.24) is 10.6 Å². The Morgan fingerprint density at radius 3 is 2.52 bits per heavy atom. The molecular weight excluding hydrogens is 309 g/mol. The number of hydrogen-bond donors (Lipinski definition) is 2. The van der Waals surface area contributed by atoms with E-state index < -0.39 is 18.5 Å². The normalized spacial score (nSPS) is 10.4. The first-order valence-corrected chi connectivity index (χ1v) is 6.83. The van der Waals surface area contributed by atoms with E-state index in [1.165, 1.54) is 18.2 Å². The fraction of sp³-hybridized carbons (Fsp3) is 0.188. The van der Waals surface area contributed by atoms with Crippen LogP contribution in [0.4, 0.5) is 18.0 Å². The standard InChI is InChI=1S/C16H15F3N2O2/c17-14-7-2-1-5-12(14)10-21-16(22)20-9-11-4-3-6-13(8-11)23-15(18)19/h1-8,15H,9-10H2,(H2,20,21,22). The molecule has 0 aliphatic carbocycles. The molecule has 0 spiro atoms. The lowest BCUT2D eigenvalue weighted by molar-refractivity contribution is -0.0498. The van der Waals surface area contributed by atoms with E-state index in [0.717, 1.165) is 0 Å². The number of hydrogen-bond acceptors (Lipinski definition) is 2. The lowest BCUT2D eigenvalue weighted by Crippen LogP contribution is -2.34. The molecule has 0 bridgehead atoms. The second-order valence-corrected chi connectivity index (χ2v) is 4.65. The van der Waals surface area contributed by atoms with E-state index in [-0.39, 0.29) is 18.8 Å². The number of ether oxygens (including phenoxy) is 1. The van der Waals surface area contributed by atoms with Gasteiger partial charge < -0.3 is 15.4 Å². The summed E-state index contributed by atoms with van der Waals surface area (Å²) in [5.74, 6) is -0.379. The van der Waals surface area contributed by atoms with Crippen LogP contribution in [0.5, 0.6) is 5.75 Å². The van der Waals surface area contributed by atoms with Gasteiger partial charge in [-0.1, -0.05) is 30.3 Å². The smallest absolute Gasteiger partial charge is 0.387 e. The van der Waals surface area contributed by atoms with Crippen molar-refractivity contribution in [2.45, 2.75) is 19.7 Å². The summed E-state index contributed by atoms with van der Waals surface area (Å²) < 4.78 is 41.9. The minimum absolute atomic E-state index is 0.0195. The number of carbonyl (C=O) groups excluding carboxylic acids is 1. The molecule has 4 nitrogen and oxygen atoms in total. The number of urea groups is 1. The Balaban J connectivity index is 1.81. The van der Waals surface area contributed by atoms with Crippen molar-refractivity contribution < 1.29 is 22.7 Å². The summed E-state index contributed by atoms with van der Waals surface area (Å²) in [6.07, 6.45) is 0. The van der Waals surface area contributed by atoms with Crippen LogP contribution in [0.3, 0.4) is 0 Å². The predicted octanol–water partition coefficient (Wildman–Crippen LogP) is 3.43. The molecule has 2 amide bonds. The number of nitrogens with one attached hydrogen (secondary N) is 2. The van der Waals surface area contributed by atoms with Crippen molar-refractivity contribution in [3.05, 3.63) is 65.5 Å². The SMILES string of the molecule is O=C(NCc1cccc(OC(F)F)c1)NCc1ccccc1F. The molecule has 0 radical (unpaired) electrons. The van der Waals surface area contributed by atoms with Gasteiger partial charge in [0.15, 0.2) is 0 Å². The first kappa shape index (κ1) is 16.7. The minimum atomic E-state index is -2.90. The molecule has 0 heterocycles. The molecule has 0 atom stereocenters. The molecule has 2 N–H and O–H groups in total. The lowest BCUT2D eigenvalue weighted by atomic mass is 10.2. The van der Waals surface area contributed by atoms with Gasteiger partial charge in [-0.2, -0.15) is 8.78 Å². The molecule has 122 valence electrons. The van der Waals surface area contributed by atoms with Crippen LogP contribution in [0, 0.1) is 5.82 Å². The zero-order valence-corrected chi connectivity index (χ0v) is 12.1. The fourth-order valence-electron chi connectivity index (χ4n) is 1.89. The van der Waals surface area contributed by atoms with E-state index >= 15 is 0 Å². The maximum absolute atomic E-state index is 13.4. The summed E-state index contributed by atoms with van der Waals surface area (Å²) in [4.78, 5) is 11.7. The van der Waals surface area contributed by atoms with Gasteiger partial charge in [-0.3, -0.25) is 0 Å². The third-order valence-electron chi connectivity index (χ3n) is 2.97. The molecule has 0 saturated heterocycles. The van der Waals surface area contributed by atoms with Crippen molar-refractivity contribution in [2.24, 2.45) is 0 Å². The highest BCUT2D eigenvalue weighted by Gasteiger charge is 2.06. The highest BCUT2D eigenvalue weighted by atomic mass is 19.3. The maximum Gasteiger partial charge on any atom is 0.387 e. The molecule has 0 fully saturated rings. The third kappa shape index (κ3) is 5.54. The largest absolute Gasteiger partial charge is 0.435 e. The quantitative estimate of drug-likeness (QED) is 0.855. The molecule has 7 heteroatoms. The number of alkyl halides is 2. The molecule has 0 aliphatic rings. The highest BCUT2D eigenvalue weighted by Crippen LogP contribution is 2.15. The van der Waals surface area contributed by atoms with E-state index in [2.05, 4.69) is 15.4 Å². The Hall–Kier alpha value is -2.70. The van der Waals surface area contributed by atoms with E-state index in [1.807, 2.05) is 0 Å². The fourth-order valence-corrected chi connectivity index (χ4v) is 1.89. The first-order chi connectivity index (χ1) is 11.0. The lowest BCUT2D eigenvalue weighted by Gasteiger charge is -2.10. The van der Waals surface area contributed by atoms with Crippen LogP contribution in [-0.2, 0) is 13.1 Å². The Morgan fingerprint density at radius 1 is 1.04 bits per heavy atom. The van der Waals surface area contributed by atoms with Crippen molar-refractivity contribution in [1.29, 1.82) is 0 Å². The average Bonchev–Trinajstić information content (AvgIpc) is 2.52. The summed E-state index contributed by atoms with van der Waals surface area (Å²) in [5.41, 5.74) is 0.971. The molecular formula is C16H15F3N2O2. The second kappa shape index (κ2) is 8.07. The van der Waals surface area contributed by atoms with Gasteiger partial charge in [-0.25, -0.2) is 9.18 Å². The number of rotatable bonds is 6. The van der Waals surface area contributed by atoms with E-state index in [0.29, 0.717) is 11.1 Å². The van der Waals surface area contributed by atoms with E-state index in [9.17, 15) is 18.0 Å². The molecule has 0 unspecified atom stereocenters. The monoisotopic (exact) mass is 324 g/mol. The number of carbonyl (C=O) groups is 1. The number of amides is 2. The molecule has 23 heavy (non-hydrogen) atoms. The summed E-state index contributed by atoms with van der Waals surface area (Å²) in [5, 5.41) is 5.07. The Morgan fingerprint density at radius 2 is 1.78 bits per heavy atom. The summed E-state index contributed by atoms with van der Waals surface area (Å²) in [6.45, 7) is -2.72. The van der Waals surface area contributed by atoms with Crippen LogP contribution in [-0.4, -0.2) is 12.6 Å². The molecule has 0 aliphatic heterocycles. The Kier molecular flexibility index (Phi) is 5.85. The third-order valence-corrected chi connectivity index (χ3v) is 2.97. The molecule has 2 aromatic carbocycles. The van der Waals surface area contributed by atoms with Crippen molar-refractivity contribution in [3.8, 4) is 5.75 Å². The zero-order valence-electron chi connectivity index (χ0n) is 12.1. The molecule has 0 saturated carbocycles. The Bertz CT molecular complexity index is 665. The summed E-state index contributed by atoms with van der Waals surface area (Å²) >= 11 is 0. The maximum atomic E-state index is 13.4.